The van der Waals surface area contributed by atoms with Gasteiger partial charge in [-0.3, -0.25) is 0 Å². The van der Waals surface area contributed by atoms with Crippen LogP contribution in [-0.4, -0.2) is 17.6 Å². The monoisotopic (exact) mass is 236 g/mol. The third-order valence-corrected chi connectivity index (χ3v) is 4.63. The number of hydrogen-bond donors (Lipinski definition) is 1. The Morgan fingerprint density at radius 2 is 2.25 bits per heavy atom. The predicted molar refractivity (Wildman–Crippen MR) is 68.0 cm³/mol. The molecule has 3 rings (SSSR count). The second-order valence-electron chi connectivity index (χ2n) is 5.27. The van der Waals surface area contributed by atoms with E-state index in [2.05, 4.69) is 17.6 Å². The zero-order chi connectivity index (χ0) is 11.0. The lowest BCUT2D eigenvalue weighted by Gasteiger charge is -2.11. The van der Waals surface area contributed by atoms with E-state index in [1.54, 1.807) is 0 Å². The first-order valence-electron chi connectivity index (χ1n) is 6.50. The number of nitrogens with one attached hydrogen (secondary N) is 1. The molecule has 88 valence electrons. The summed E-state index contributed by atoms with van der Waals surface area (Å²) < 4.78 is 0. The van der Waals surface area contributed by atoms with Gasteiger partial charge in [0.05, 0.1) is 10.7 Å². The number of nitrogens with zero attached hydrogens (tertiary/aromatic N) is 1. The highest BCUT2D eigenvalue weighted by Crippen LogP contribution is 2.40. The van der Waals surface area contributed by atoms with E-state index in [-0.39, 0.29) is 0 Å². The van der Waals surface area contributed by atoms with Crippen LogP contribution in [0.5, 0.6) is 0 Å². The lowest BCUT2D eigenvalue weighted by Crippen LogP contribution is -2.29. The van der Waals surface area contributed by atoms with E-state index < -0.39 is 0 Å². The van der Waals surface area contributed by atoms with E-state index in [4.69, 9.17) is 4.98 Å². The van der Waals surface area contributed by atoms with Gasteiger partial charge < -0.3 is 5.32 Å². The van der Waals surface area contributed by atoms with Gasteiger partial charge in [-0.15, -0.1) is 11.3 Å². The minimum Gasteiger partial charge on any atom is -0.314 e. The second kappa shape index (κ2) is 4.46. The molecule has 0 spiro atoms. The van der Waals surface area contributed by atoms with Crippen molar-refractivity contribution in [2.24, 2.45) is 5.92 Å². The van der Waals surface area contributed by atoms with E-state index >= 15 is 0 Å². The first-order valence-corrected chi connectivity index (χ1v) is 7.38. The molecule has 16 heavy (non-hydrogen) atoms. The van der Waals surface area contributed by atoms with Crippen LogP contribution in [0.2, 0.25) is 0 Å². The SMILES string of the molecule is CC(NCCc1nc(C2CC2)cs1)C1CC1. The molecule has 2 aliphatic carbocycles. The smallest absolute Gasteiger partial charge is 0.0941 e. The van der Waals surface area contributed by atoms with E-state index in [1.807, 2.05) is 11.3 Å². The molecule has 0 amide bonds. The molecule has 0 bridgehead atoms. The second-order valence-corrected chi connectivity index (χ2v) is 6.21. The van der Waals surface area contributed by atoms with Gasteiger partial charge in [-0.2, -0.15) is 0 Å². The Morgan fingerprint density at radius 1 is 1.44 bits per heavy atom. The van der Waals surface area contributed by atoms with Crippen molar-refractivity contribution in [3.05, 3.63) is 16.1 Å². The first kappa shape index (κ1) is 10.7. The molecule has 0 radical (unpaired) electrons. The topological polar surface area (TPSA) is 24.9 Å². The Kier molecular flexibility index (Phi) is 2.99. The average molecular weight is 236 g/mol. The fourth-order valence-electron chi connectivity index (χ4n) is 2.18. The van der Waals surface area contributed by atoms with E-state index in [0.29, 0.717) is 6.04 Å². The largest absolute Gasteiger partial charge is 0.314 e. The lowest BCUT2D eigenvalue weighted by molar-refractivity contribution is 0.500. The van der Waals surface area contributed by atoms with Gasteiger partial charge in [0, 0.05) is 30.3 Å². The van der Waals surface area contributed by atoms with Crippen LogP contribution in [0.15, 0.2) is 5.38 Å². The minimum absolute atomic E-state index is 0.711. The summed E-state index contributed by atoms with van der Waals surface area (Å²) in [5.74, 6) is 1.77. The molecule has 1 N–H and O–H groups in total. The first-order chi connectivity index (χ1) is 7.83. The quantitative estimate of drug-likeness (QED) is 0.821. The summed E-state index contributed by atoms with van der Waals surface area (Å²) in [5, 5.41) is 7.19. The average Bonchev–Trinajstić information content (AvgIpc) is 3.17. The molecule has 2 fully saturated rings. The summed E-state index contributed by atoms with van der Waals surface area (Å²) in [6.45, 7) is 3.41. The van der Waals surface area contributed by atoms with Crippen LogP contribution >= 0.6 is 11.3 Å². The van der Waals surface area contributed by atoms with Gasteiger partial charge in [-0.05, 0) is 38.5 Å². The van der Waals surface area contributed by atoms with Gasteiger partial charge in [0.2, 0.25) is 0 Å². The summed E-state index contributed by atoms with van der Waals surface area (Å²) in [6, 6.07) is 0.711. The van der Waals surface area contributed by atoms with E-state index in [1.165, 1.54) is 36.4 Å². The summed E-state index contributed by atoms with van der Waals surface area (Å²) in [5.41, 5.74) is 1.36. The Morgan fingerprint density at radius 3 is 2.94 bits per heavy atom. The molecule has 2 saturated carbocycles. The lowest BCUT2D eigenvalue weighted by atomic mass is 10.2. The Hall–Kier alpha value is -0.410. The van der Waals surface area contributed by atoms with E-state index in [0.717, 1.165) is 24.8 Å². The van der Waals surface area contributed by atoms with Gasteiger partial charge in [-0.1, -0.05) is 0 Å². The molecule has 0 aliphatic heterocycles. The third kappa shape index (κ3) is 2.64. The molecule has 2 nitrogen and oxygen atoms in total. The molecule has 1 aromatic heterocycles. The molecule has 1 atom stereocenters. The van der Waals surface area contributed by atoms with Crippen molar-refractivity contribution < 1.29 is 0 Å². The van der Waals surface area contributed by atoms with Gasteiger partial charge in [-0.25, -0.2) is 4.98 Å². The molecule has 0 aromatic carbocycles. The van der Waals surface area contributed by atoms with Gasteiger partial charge in [0.15, 0.2) is 0 Å². The van der Waals surface area contributed by atoms with Crippen LogP contribution in [0.4, 0.5) is 0 Å². The third-order valence-electron chi connectivity index (χ3n) is 3.70. The molecule has 1 aromatic rings. The highest BCUT2D eigenvalue weighted by Gasteiger charge is 2.27. The van der Waals surface area contributed by atoms with Crippen molar-refractivity contribution >= 4 is 11.3 Å². The zero-order valence-corrected chi connectivity index (χ0v) is 10.7. The van der Waals surface area contributed by atoms with Crippen LogP contribution in [0.25, 0.3) is 0 Å². The Bertz CT molecular complexity index is 353. The van der Waals surface area contributed by atoms with E-state index in [9.17, 15) is 0 Å². The van der Waals surface area contributed by atoms with Crippen molar-refractivity contribution in [3.8, 4) is 0 Å². The van der Waals surface area contributed by atoms with Crippen molar-refractivity contribution in [1.82, 2.24) is 10.3 Å². The maximum absolute atomic E-state index is 4.71. The predicted octanol–water partition coefficient (Wildman–Crippen LogP) is 2.95. The molecule has 1 unspecified atom stereocenters. The summed E-state index contributed by atoms with van der Waals surface area (Å²) in [7, 11) is 0. The normalized spacial score (nSPS) is 22.3. The minimum atomic E-state index is 0.711. The number of aromatic nitrogens is 1. The van der Waals surface area contributed by atoms with Gasteiger partial charge in [0.1, 0.15) is 0 Å². The van der Waals surface area contributed by atoms with Crippen molar-refractivity contribution in [2.45, 2.75) is 51.0 Å². The van der Waals surface area contributed by atoms with Crippen molar-refractivity contribution in [2.75, 3.05) is 6.54 Å². The molecular formula is C13H20N2S. The maximum atomic E-state index is 4.71. The summed E-state index contributed by atoms with van der Waals surface area (Å²) in [6.07, 6.45) is 6.68. The van der Waals surface area contributed by atoms with Crippen molar-refractivity contribution in [3.63, 3.8) is 0 Å². The highest BCUT2D eigenvalue weighted by atomic mass is 32.1. The number of hydrogen-bond acceptors (Lipinski definition) is 3. The summed E-state index contributed by atoms with van der Waals surface area (Å²) >= 11 is 1.84. The molecule has 2 aliphatic rings. The van der Waals surface area contributed by atoms with Crippen LogP contribution in [-0.2, 0) is 6.42 Å². The maximum Gasteiger partial charge on any atom is 0.0941 e. The van der Waals surface area contributed by atoms with Gasteiger partial charge >= 0.3 is 0 Å². The zero-order valence-electron chi connectivity index (χ0n) is 9.91. The van der Waals surface area contributed by atoms with Crippen molar-refractivity contribution in [1.29, 1.82) is 0 Å². The fourth-order valence-corrected chi connectivity index (χ4v) is 3.06. The molecule has 3 heteroatoms. The van der Waals surface area contributed by atoms with Gasteiger partial charge in [0.25, 0.3) is 0 Å². The van der Waals surface area contributed by atoms with Crippen LogP contribution in [0.1, 0.15) is 49.2 Å². The Labute approximate surface area is 101 Å². The molecular weight excluding hydrogens is 216 g/mol. The van der Waals surface area contributed by atoms with Crippen LogP contribution in [0, 0.1) is 5.92 Å². The highest BCUT2D eigenvalue weighted by molar-refractivity contribution is 7.09. The molecule has 1 heterocycles. The fraction of sp³-hybridized carbons (Fsp3) is 0.769. The Balaban J connectivity index is 1.42. The number of rotatable bonds is 6. The molecule has 0 saturated heterocycles. The summed E-state index contributed by atoms with van der Waals surface area (Å²) in [4.78, 5) is 4.71. The standard InChI is InChI=1S/C13H20N2S/c1-9(10-2-3-10)14-7-6-13-15-12(8-16-13)11-4-5-11/h8-11,14H,2-7H2,1H3. The van der Waals surface area contributed by atoms with Crippen LogP contribution in [0.3, 0.4) is 0 Å². The van der Waals surface area contributed by atoms with Crippen LogP contribution < -0.4 is 5.32 Å². The number of thiazole rings is 1.